The summed E-state index contributed by atoms with van der Waals surface area (Å²) in [6.45, 7) is 3.86. The molecule has 0 spiro atoms. The monoisotopic (exact) mass is 393 g/mol. The van der Waals surface area contributed by atoms with E-state index in [1.807, 2.05) is 24.3 Å². The number of sulfonamides is 1. The van der Waals surface area contributed by atoms with Crippen molar-refractivity contribution in [1.29, 1.82) is 0 Å². The standard InChI is InChI=1S/C18H23N3O3S2/c1-5-14-6-8-15(9-7-14)20-18(22)13(2)25-17-11-10-16(12-19-17)26(23,24)21(3)4/h6-13H,5H2,1-4H3,(H,20,22)/t13-/m0/s1. The molecule has 0 bridgehead atoms. The lowest BCUT2D eigenvalue weighted by atomic mass is 10.1. The number of nitrogens with one attached hydrogen (secondary N) is 1. The Hall–Kier alpha value is -1.90. The maximum Gasteiger partial charge on any atom is 0.244 e. The van der Waals surface area contributed by atoms with E-state index >= 15 is 0 Å². The van der Waals surface area contributed by atoms with E-state index in [0.717, 1.165) is 16.4 Å². The van der Waals surface area contributed by atoms with Gasteiger partial charge in [-0.25, -0.2) is 17.7 Å². The fraction of sp³-hybridized carbons (Fsp3) is 0.333. The van der Waals surface area contributed by atoms with Gasteiger partial charge in [-0.2, -0.15) is 0 Å². The van der Waals surface area contributed by atoms with Gasteiger partial charge in [0.1, 0.15) is 4.90 Å². The average Bonchev–Trinajstić information content (AvgIpc) is 2.62. The van der Waals surface area contributed by atoms with Crippen LogP contribution in [0.15, 0.2) is 52.5 Å². The van der Waals surface area contributed by atoms with Gasteiger partial charge < -0.3 is 5.32 Å². The first-order valence-electron chi connectivity index (χ1n) is 8.19. The number of thioether (sulfide) groups is 1. The van der Waals surface area contributed by atoms with E-state index in [0.29, 0.717) is 5.03 Å². The number of nitrogens with zero attached hydrogens (tertiary/aromatic N) is 2. The van der Waals surface area contributed by atoms with Gasteiger partial charge >= 0.3 is 0 Å². The Morgan fingerprint density at radius 2 is 1.85 bits per heavy atom. The van der Waals surface area contributed by atoms with Crippen molar-refractivity contribution in [2.24, 2.45) is 0 Å². The van der Waals surface area contributed by atoms with Crippen molar-refractivity contribution in [3.8, 4) is 0 Å². The van der Waals surface area contributed by atoms with Gasteiger partial charge in [-0.3, -0.25) is 4.79 Å². The summed E-state index contributed by atoms with van der Waals surface area (Å²) in [6, 6.07) is 10.8. The summed E-state index contributed by atoms with van der Waals surface area (Å²) < 4.78 is 25.2. The second-order valence-corrected chi connectivity index (χ2v) is 9.43. The molecule has 140 valence electrons. The van der Waals surface area contributed by atoms with E-state index < -0.39 is 10.0 Å². The predicted molar refractivity (Wildman–Crippen MR) is 105 cm³/mol. The van der Waals surface area contributed by atoms with Crippen molar-refractivity contribution in [2.75, 3.05) is 19.4 Å². The first-order valence-corrected chi connectivity index (χ1v) is 10.5. The van der Waals surface area contributed by atoms with Gasteiger partial charge in [0, 0.05) is 26.0 Å². The van der Waals surface area contributed by atoms with E-state index in [1.54, 1.807) is 13.0 Å². The van der Waals surface area contributed by atoms with Gasteiger partial charge in [-0.1, -0.05) is 30.8 Å². The fourth-order valence-corrected chi connectivity index (χ4v) is 3.74. The van der Waals surface area contributed by atoms with Crippen molar-refractivity contribution in [1.82, 2.24) is 9.29 Å². The van der Waals surface area contributed by atoms with E-state index in [4.69, 9.17) is 0 Å². The van der Waals surface area contributed by atoms with Gasteiger partial charge in [-0.15, -0.1) is 0 Å². The lowest BCUT2D eigenvalue weighted by Crippen LogP contribution is -2.23. The van der Waals surface area contributed by atoms with Crippen LogP contribution in [0.25, 0.3) is 0 Å². The fourth-order valence-electron chi connectivity index (χ4n) is 2.10. The summed E-state index contributed by atoms with van der Waals surface area (Å²) in [5.74, 6) is -0.133. The van der Waals surface area contributed by atoms with Crippen molar-refractivity contribution in [3.63, 3.8) is 0 Å². The normalized spacial score (nSPS) is 12.8. The van der Waals surface area contributed by atoms with Crippen LogP contribution in [0, 0.1) is 0 Å². The molecule has 0 aliphatic heterocycles. The molecule has 0 fully saturated rings. The number of rotatable bonds is 7. The third-order valence-corrected chi connectivity index (χ3v) is 6.63. The molecule has 1 N–H and O–H groups in total. The molecule has 0 aliphatic carbocycles. The Balaban J connectivity index is 2.00. The SMILES string of the molecule is CCc1ccc(NC(=O)[C@H](C)Sc2ccc(S(=O)(=O)N(C)C)cn2)cc1. The lowest BCUT2D eigenvalue weighted by Gasteiger charge is -2.13. The zero-order valence-corrected chi connectivity index (χ0v) is 16.9. The highest BCUT2D eigenvalue weighted by Gasteiger charge is 2.19. The molecule has 0 radical (unpaired) electrons. The minimum atomic E-state index is -3.50. The highest BCUT2D eigenvalue weighted by molar-refractivity contribution is 8.00. The van der Waals surface area contributed by atoms with Gasteiger partial charge in [0.2, 0.25) is 15.9 Å². The molecule has 1 aromatic heterocycles. The Morgan fingerprint density at radius 1 is 1.19 bits per heavy atom. The van der Waals surface area contributed by atoms with Crippen LogP contribution in [-0.2, 0) is 21.2 Å². The molecular formula is C18H23N3O3S2. The van der Waals surface area contributed by atoms with Crippen LogP contribution < -0.4 is 5.32 Å². The number of hydrogen-bond donors (Lipinski definition) is 1. The third kappa shape index (κ3) is 5.06. The topological polar surface area (TPSA) is 79.4 Å². The third-order valence-electron chi connectivity index (χ3n) is 3.78. The zero-order valence-electron chi connectivity index (χ0n) is 15.3. The van der Waals surface area contributed by atoms with Gasteiger partial charge in [0.25, 0.3) is 0 Å². The molecule has 8 heteroatoms. The number of benzene rings is 1. The van der Waals surface area contributed by atoms with Crippen LogP contribution in [0.5, 0.6) is 0 Å². The second-order valence-electron chi connectivity index (χ2n) is 5.92. The zero-order chi connectivity index (χ0) is 19.3. The largest absolute Gasteiger partial charge is 0.325 e. The molecule has 6 nitrogen and oxygen atoms in total. The smallest absolute Gasteiger partial charge is 0.244 e. The number of hydrogen-bond acceptors (Lipinski definition) is 5. The van der Waals surface area contributed by atoms with Crippen LogP contribution in [0.2, 0.25) is 0 Å². The van der Waals surface area contributed by atoms with Crippen molar-refractivity contribution < 1.29 is 13.2 Å². The summed E-state index contributed by atoms with van der Waals surface area (Å²) in [5, 5.41) is 3.09. The Labute approximate surface area is 159 Å². The molecule has 2 rings (SSSR count). The number of anilines is 1. The molecule has 0 saturated heterocycles. The second kappa shape index (κ2) is 8.66. The van der Waals surface area contributed by atoms with E-state index in [1.165, 1.54) is 43.7 Å². The van der Waals surface area contributed by atoms with Gasteiger partial charge in [0.05, 0.1) is 10.3 Å². The molecule has 1 aromatic carbocycles. The number of aryl methyl sites for hydroxylation is 1. The highest BCUT2D eigenvalue weighted by Crippen LogP contribution is 2.24. The van der Waals surface area contributed by atoms with E-state index in [-0.39, 0.29) is 16.1 Å². The van der Waals surface area contributed by atoms with Crippen LogP contribution in [0.1, 0.15) is 19.4 Å². The maximum atomic E-state index is 12.3. The molecule has 26 heavy (non-hydrogen) atoms. The minimum Gasteiger partial charge on any atom is -0.325 e. The van der Waals surface area contributed by atoms with Gasteiger partial charge in [0.15, 0.2) is 0 Å². The average molecular weight is 394 g/mol. The molecule has 0 saturated carbocycles. The number of carbonyl (C=O) groups excluding carboxylic acids is 1. The molecule has 0 aliphatic rings. The Bertz CT molecular complexity index is 848. The summed E-state index contributed by atoms with van der Waals surface area (Å²) >= 11 is 1.27. The maximum absolute atomic E-state index is 12.3. The first-order chi connectivity index (χ1) is 12.2. The summed E-state index contributed by atoms with van der Waals surface area (Å²) in [4.78, 5) is 16.6. The number of amides is 1. The number of carbonyl (C=O) groups is 1. The van der Waals surface area contributed by atoms with E-state index in [9.17, 15) is 13.2 Å². The molecule has 1 amide bonds. The molecular weight excluding hydrogens is 370 g/mol. The number of pyridine rings is 1. The molecule has 1 heterocycles. The van der Waals surface area contributed by atoms with Crippen molar-refractivity contribution >= 4 is 33.4 Å². The predicted octanol–water partition coefficient (Wildman–Crippen LogP) is 3.01. The number of aromatic nitrogens is 1. The highest BCUT2D eigenvalue weighted by atomic mass is 32.2. The quantitative estimate of drug-likeness (QED) is 0.732. The van der Waals surface area contributed by atoms with Crippen LogP contribution in [0.3, 0.4) is 0 Å². The molecule has 0 unspecified atom stereocenters. The summed E-state index contributed by atoms with van der Waals surface area (Å²) in [7, 11) is -0.563. The molecule has 1 atom stereocenters. The molecule has 2 aromatic rings. The van der Waals surface area contributed by atoms with Crippen molar-refractivity contribution in [3.05, 3.63) is 48.2 Å². The summed E-state index contributed by atoms with van der Waals surface area (Å²) in [6.07, 6.45) is 2.26. The van der Waals surface area contributed by atoms with Crippen LogP contribution in [-0.4, -0.2) is 43.0 Å². The van der Waals surface area contributed by atoms with Crippen LogP contribution >= 0.6 is 11.8 Å². The first kappa shape index (κ1) is 20.4. The van der Waals surface area contributed by atoms with Gasteiger partial charge in [-0.05, 0) is 43.2 Å². The minimum absolute atomic E-state index is 0.125. The van der Waals surface area contributed by atoms with E-state index in [2.05, 4.69) is 17.2 Å². The summed E-state index contributed by atoms with van der Waals surface area (Å²) in [5.41, 5.74) is 1.96. The van der Waals surface area contributed by atoms with Crippen molar-refractivity contribution in [2.45, 2.75) is 35.4 Å². The Kier molecular flexibility index (Phi) is 6.80. The lowest BCUT2D eigenvalue weighted by molar-refractivity contribution is -0.115. The van der Waals surface area contributed by atoms with Crippen LogP contribution in [0.4, 0.5) is 5.69 Å². The Morgan fingerprint density at radius 3 is 2.35 bits per heavy atom.